The Morgan fingerprint density at radius 1 is 1.20 bits per heavy atom. The van der Waals surface area contributed by atoms with Crippen molar-refractivity contribution in [2.45, 2.75) is 13.8 Å². The van der Waals surface area contributed by atoms with E-state index in [1.165, 1.54) is 18.2 Å². The Labute approximate surface area is 124 Å². The first-order chi connectivity index (χ1) is 9.38. The molecule has 1 amide bonds. The van der Waals surface area contributed by atoms with Gasteiger partial charge in [-0.1, -0.05) is 0 Å². The molecule has 0 heterocycles. The Morgan fingerprint density at radius 3 is 2.60 bits per heavy atom. The second-order valence-electron chi connectivity index (χ2n) is 4.53. The van der Waals surface area contributed by atoms with E-state index in [2.05, 4.69) is 21.2 Å². The number of aryl methyl sites for hydroxylation is 2. The zero-order valence-electron chi connectivity index (χ0n) is 11.0. The lowest BCUT2D eigenvalue weighted by Gasteiger charge is -2.11. The lowest BCUT2D eigenvalue weighted by atomic mass is 10.1. The molecule has 2 aromatic rings. The highest BCUT2D eigenvalue weighted by Crippen LogP contribution is 2.26. The number of hydrogen-bond acceptors (Lipinski definition) is 2. The Balaban J connectivity index is 2.32. The first-order valence-electron chi connectivity index (χ1n) is 5.95. The van der Waals surface area contributed by atoms with Gasteiger partial charge in [0.2, 0.25) is 0 Å². The molecule has 0 aliphatic carbocycles. The standard InChI is InChI=1S/C15H13BrFNO2/c1-8-6-14(19)9(2)5-13(8)18-15(20)11-7-10(17)3-4-12(11)16/h3-7,19H,1-2H3,(H,18,20). The van der Waals surface area contributed by atoms with Gasteiger partial charge in [0.1, 0.15) is 11.6 Å². The Hall–Kier alpha value is -1.88. The molecule has 0 atom stereocenters. The molecule has 0 spiro atoms. The average molecular weight is 338 g/mol. The van der Waals surface area contributed by atoms with E-state index >= 15 is 0 Å². The van der Waals surface area contributed by atoms with Crippen LogP contribution in [0, 0.1) is 19.7 Å². The molecular weight excluding hydrogens is 325 g/mol. The molecule has 0 fully saturated rings. The molecule has 5 heteroatoms. The van der Waals surface area contributed by atoms with Crippen molar-refractivity contribution in [1.82, 2.24) is 0 Å². The third kappa shape index (κ3) is 2.99. The van der Waals surface area contributed by atoms with Crippen LogP contribution in [-0.2, 0) is 0 Å². The SMILES string of the molecule is Cc1cc(NC(=O)c2cc(F)ccc2Br)c(C)cc1O. The van der Waals surface area contributed by atoms with Gasteiger partial charge < -0.3 is 10.4 Å². The second kappa shape index (κ2) is 5.63. The van der Waals surface area contributed by atoms with Gasteiger partial charge >= 0.3 is 0 Å². The van der Waals surface area contributed by atoms with Gasteiger partial charge in [0.15, 0.2) is 0 Å². The van der Waals surface area contributed by atoms with Crippen molar-refractivity contribution in [3.05, 3.63) is 57.3 Å². The summed E-state index contributed by atoms with van der Waals surface area (Å²) < 4.78 is 13.7. The molecule has 2 N–H and O–H groups in total. The number of phenolic OH excluding ortho intramolecular Hbond substituents is 1. The summed E-state index contributed by atoms with van der Waals surface area (Å²) in [7, 11) is 0. The maximum atomic E-state index is 13.2. The number of hydrogen-bond donors (Lipinski definition) is 2. The normalized spacial score (nSPS) is 10.4. The van der Waals surface area contributed by atoms with Crippen molar-refractivity contribution >= 4 is 27.5 Å². The number of carbonyl (C=O) groups excluding carboxylic acids is 1. The summed E-state index contributed by atoms with van der Waals surface area (Å²) in [6.45, 7) is 3.51. The van der Waals surface area contributed by atoms with Crippen molar-refractivity contribution in [2.24, 2.45) is 0 Å². The van der Waals surface area contributed by atoms with Gasteiger partial charge in [-0.05, 0) is 71.2 Å². The van der Waals surface area contributed by atoms with Gasteiger partial charge in [-0.3, -0.25) is 4.79 Å². The molecule has 2 rings (SSSR count). The number of phenols is 1. The summed E-state index contributed by atoms with van der Waals surface area (Å²) in [5.41, 5.74) is 2.19. The van der Waals surface area contributed by atoms with Crippen LogP contribution in [0.15, 0.2) is 34.8 Å². The number of carbonyl (C=O) groups is 1. The predicted octanol–water partition coefficient (Wildman–Crippen LogP) is 4.16. The number of nitrogens with one attached hydrogen (secondary N) is 1. The van der Waals surface area contributed by atoms with Gasteiger partial charge in [-0.2, -0.15) is 0 Å². The first-order valence-corrected chi connectivity index (χ1v) is 6.74. The summed E-state index contributed by atoms with van der Waals surface area (Å²) in [6, 6.07) is 7.18. The van der Waals surface area contributed by atoms with E-state index in [1.54, 1.807) is 26.0 Å². The van der Waals surface area contributed by atoms with Crippen LogP contribution in [0.25, 0.3) is 0 Å². The van der Waals surface area contributed by atoms with Crippen molar-refractivity contribution in [1.29, 1.82) is 0 Å². The average Bonchev–Trinajstić information content (AvgIpc) is 2.38. The van der Waals surface area contributed by atoms with Crippen LogP contribution < -0.4 is 5.32 Å². The Morgan fingerprint density at radius 2 is 1.90 bits per heavy atom. The molecule has 2 aromatic carbocycles. The van der Waals surface area contributed by atoms with Crippen LogP contribution in [0.3, 0.4) is 0 Å². The lowest BCUT2D eigenvalue weighted by Crippen LogP contribution is -2.14. The fraction of sp³-hybridized carbons (Fsp3) is 0.133. The summed E-state index contributed by atoms with van der Waals surface area (Å²) in [5, 5.41) is 12.3. The van der Waals surface area contributed by atoms with Crippen molar-refractivity contribution in [2.75, 3.05) is 5.32 Å². The molecule has 104 valence electrons. The summed E-state index contributed by atoms with van der Waals surface area (Å²) in [6.07, 6.45) is 0. The topological polar surface area (TPSA) is 49.3 Å². The van der Waals surface area contributed by atoms with Gasteiger partial charge in [-0.25, -0.2) is 4.39 Å². The number of aromatic hydroxyl groups is 1. The second-order valence-corrected chi connectivity index (χ2v) is 5.39. The quantitative estimate of drug-likeness (QED) is 0.808. The van der Waals surface area contributed by atoms with Crippen molar-refractivity contribution in [3.8, 4) is 5.75 Å². The smallest absolute Gasteiger partial charge is 0.256 e. The summed E-state index contributed by atoms with van der Waals surface area (Å²) in [5.74, 6) is -0.714. The number of amides is 1. The number of benzene rings is 2. The highest BCUT2D eigenvalue weighted by Gasteiger charge is 2.13. The minimum atomic E-state index is -0.475. The molecule has 0 saturated heterocycles. The fourth-order valence-corrected chi connectivity index (χ4v) is 2.22. The van der Waals surface area contributed by atoms with Crippen molar-refractivity contribution < 1.29 is 14.3 Å². The third-order valence-electron chi connectivity index (χ3n) is 2.96. The molecule has 0 unspecified atom stereocenters. The number of anilines is 1. The molecule has 0 aromatic heterocycles. The molecule has 0 saturated carbocycles. The maximum absolute atomic E-state index is 13.2. The first kappa shape index (κ1) is 14.5. The van der Waals surface area contributed by atoms with E-state index in [1.807, 2.05) is 0 Å². The molecule has 20 heavy (non-hydrogen) atoms. The number of rotatable bonds is 2. The third-order valence-corrected chi connectivity index (χ3v) is 3.66. The predicted molar refractivity (Wildman–Crippen MR) is 79.6 cm³/mol. The molecule has 0 aliphatic heterocycles. The van der Waals surface area contributed by atoms with Gasteiger partial charge in [-0.15, -0.1) is 0 Å². The molecule has 0 bridgehead atoms. The van der Waals surface area contributed by atoms with Crippen LogP contribution >= 0.6 is 15.9 Å². The van der Waals surface area contributed by atoms with E-state index in [4.69, 9.17) is 0 Å². The zero-order valence-corrected chi connectivity index (χ0v) is 12.6. The van der Waals surface area contributed by atoms with E-state index in [0.717, 1.165) is 5.56 Å². The summed E-state index contributed by atoms with van der Waals surface area (Å²) >= 11 is 3.22. The van der Waals surface area contributed by atoms with E-state index in [0.29, 0.717) is 15.7 Å². The van der Waals surface area contributed by atoms with Crippen LogP contribution in [-0.4, -0.2) is 11.0 Å². The summed E-state index contributed by atoms with van der Waals surface area (Å²) in [4.78, 5) is 12.2. The maximum Gasteiger partial charge on any atom is 0.256 e. The lowest BCUT2D eigenvalue weighted by molar-refractivity contribution is 0.102. The van der Waals surface area contributed by atoms with Gasteiger partial charge in [0, 0.05) is 10.2 Å². The van der Waals surface area contributed by atoms with Crippen LogP contribution in [0.1, 0.15) is 21.5 Å². The van der Waals surface area contributed by atoms with Crippen LogP contribution in [0.5, 0.6) is 5.75 Å². The number of halogens is 2. The van der Waals surface area contributed by atoms with E-state index in [9.17, 15) is 14.3 Å². The van der Waals surface area contributed by atoms with E-state index < -0.39 is 11.7 Å². The molecule has 0 aliphatic rings. The highest BCUT2D eigenvalue weighted by molar-refractivity contribution is 9.10. The van der Waals surface area contributed by atoms with Crippen LogP contribution in [0.2, 0.25) is 0 Å². The van der Waals surface area contributed by atoms with Gasteiger partial charge in [0.25, 0.3) is 5.91 Å². The van der Waals surface area contributed by atoms with Crippen LogP contribution in [0.4, 0.5) is 10.1 Å². The minimum absolute atomic E-state index is 0.174. The van der Waals surface area contributed by atoms with Gasteiger partial charge in [0.05, 0.1) is 5.56 Å². The largest absolute Gasteiger partial charge is 0.508 e. The molecular formula is C15H13BrFNO2. The molecule has 0 radical (unpaired) electrons. The fourth-order valence-electron chi connectivity index (χ4n) is 1.80. The zero-order chi connectivity index (χ0) is 14.9. The highest BCUT2D eigenvalue weighted by atomic mass is 79.9. The minimum Gasteiger partial charge on any atom is -0.508 e. The molecule has 3 nitrogen and oxygen atoms in total. The van der Waals surface area contributed by atoms with E-state index in [-0.39, 0.29) is 11.3 Å². The monoisotopic (exact) mass is 337 g/mol. The Bertz CT molecular complexity index is 686. The Kier molecular flexibility index (Phi) is 4.09. The van der Waals surface area contributed by atoms with Crippen molar-refractivity contribution in [3.63, 3.8) is 0 Å².